The number of carboxylic acid groups (broad SMARTS) is 1. The van der Waals surface area contributed by atoms with Crippen LogP contribution < -0.4 is 10.6 Å². The minimum absolute atomic E-state index is 0.101. The molecule has 1 aliphatic carbocycles. The fraction of sp³-hybridized carbons (Fsp3) is 0.786. The molecule has 1 aliphatic rings. The van der Waals surface area contributed by atoms with Crippen molar-refractivity contribution in [2.24, 2.45) is 5.41 Å². The maximum Gasteiger partial charge on any atom is 0.310 e. The highest BCUT2D eigenvalue weighted by Gasteiger charge is 2.37. The molecule has 20 heavy (non-hydrogen) atoms. The fourth-order valence-corrected chi connectivity index (χ4v) is 2.10. The molecule has 1 fully saturated rings. The topological polar surface area (TPSA) is 95.5 Å². The molecule has 1 atom stereocenters. The van der Waals surface area contributed by atoms with Crippen LogP contribution in [-0.2, 0) is 14.4 Å². The first kappa shape index (κ1) is 16.5. The number of hydrogen-bond donors (Lipinski definition) is 3. The van der Waals surface area contributed by atoms with Crippen LogP contribution in [0.2, 0.25) is 0 Å². The van der Waals surface area contributed by atoms with Crippen LogP contribution in [-0.4, -0.2) is 35.0 Å². The maximum atomic E-state index is 11.9. The van der Waals surface area contributed by atoms with Crippen molar-refractivity contribution >= 4 is 17.8 Å². The van der Waals surface area contributed by atoms with E-state index in [1.165, 1.54) is 0 Å². The SMILES string of the molecule is CCC(CC)(CC(=O)NC(C)C(=O)NC1CC1)C(=O)O. The van der Waals surface area contributed by atoms with Gasteiger partial charge in [-0.25, -0.2) is 0 Å². The summed E-state index contributed by atoms with van der Waals surface area (Å²) >= 11 is 0. The lowest BCUT2D eigenvalue weighted by Gasteiger charge is -2.26. The van der Waals surface area contributed by atoms with E-state index in [0.717, 1.165) is 12.8 Å². The van der Waals surface area contributed by atoms with E-state index in [1.807, 2.05) is 0 Å². The summed E-state index contributed by atoms with van der Waals surface area (Å²) in [5.41, 5.74) is -1.04. The van der Waals surface area contributed by atoms with Gasteiger partial charge in [-0.15, -0.1) is 0 Å². The summed E-state index contributed by atoms with van der Waals surface area (Å²) in [5.74, 6) is -1.57. The number of carbonyl (C=O) groups excluding carboxylic acids is 2. The van der Waals surface area contributed by atoms with Crippen LogP contribution in [0.15, 0.2) is 0 Å². The van der Waals surface area contributed by atoms with E-state index in [4.69, 9.17) is 0 Å². The highest BCUT2D eigenvalue weighted by molar-refractivity contribution is 5.90. The Morgan fingerprint density at radius 2 is 1.80 bits per heavy atom. The number of amides is 2. The van der Waals surface area contributed by atoms with Gasteiger partial charge < -0.3 is 15.7 Å². The fourth-order valence-electron chi connectivity index (χ4n) is 2.10. The van der Waals surface area contributed by atoms with E-state index in [1.54, 1.807) is 20.8 Å². The molecular weight excluding hydrogens is 260 g/mol. The largest absolute Gasteiger partial charge is 0.481 e. The first-order valence-corrected chi connectivity index (χ1v) is 7.17. The molecule has 0 aromatic carbocycles. The molecule has 0 spiro atoms. The molecule has 3 N–H and O–H groups in total. The molecule has 0 aromatic rings. The molecule has 0 radical (unpaired) electrons. The average Bonchev–Trinajstić information content (AvgIpc) is 3.19. The van der Waals surface area contributed by atoms with Crippen molar-refractivity contribution in [2.45, 2.75) is 65.0 Å². The van der Waals surface area contributed by atoms with Crippen LogP contribution in [0.1, 0.15) is 52.9 Å². The third-order valence-corrected chi connectivity index (χ3v) is 4.00. The summed E-state index contributed by atoms with van der Waals surface area (Å²) in [7, 11) is 0. The summed E-state index contributed by atoms with van der Waals surface area (Å²) in [6, 6.07) is -0.394. The summed E-state index contributed by atoms with van der Waals surface area (Å²) in [6.07, 6.45) is 2.64. The zero-order chi connectivity index (χ0) is 15.3. The Kier molecular flexibility index (Phi) is 5.53. The average molecular weight is 284 g/mol. The van der Waals surface area contributed by atoms with Crippen molar-refractivity contribution in [1.82, 2.24) is 10.6 Å². The van der Waals surface area contributed by atoms with Crippen molar-refractivity contribution < 1.29 is 19.5 Å². The highest BCUT2D eigenvalue weighted by atomic mass is 16.4. The Bertz CT molecular complexity index is 387. The third kappa shape index (κ3) is 4.21. The van der Waals surface area contributed by atoms with Gasteiger partial charge in [0.15, 0.2) is 0 Å². The van der Waals surface area contributed by atoms with E-state index in [2.05, 4.69) is 10.6 Å². The number of carbonyl (C=O) groups is 3. The number of hydrogen-bond acceptors (Lipinski definition) is 3. The van der Waals surface area contributed by atoms with Gasteiger partial charge in [0.1, 0.15) is 6.04 Å². The van der Waals surface area contributed by atoms with Gasteiger partial charge >= 0.3 is 5.97 Å². The molecule has 114 valence electrons. The Labute approximate surface area is 119 Å². The molecule has 1 unspecified atom stereocenters. The van der Waals surface area contributed by atoms with Crippen LogP contribution in [0, 0.1) is 5.41 Å². The lowest BCUT2D eigenvalue weighted by Crippen LogP contribution is -2.47. The molecule has 0 heterocycles. The van der Waals surface area contributed by atoms with E-state index in [0.29, 0.717) is 12.8 Å². The second-order valence-corrected chi connectivity index (χ2v) is 5.54. The lowest BCUT2D eigenvalue weighted by atomic mass is 9.79. The normalized spacial score (nSPS) is 16.4. The van der Waals surface area contributed by atoms with Gasteiger partial charge in [-0.1, -0.05) is 13.8 Å². The van der Waals surface area contributed by atoms with E-state index < -0.39 is 23.3 Å². The first-order chi connectivity index (χ1) is 9.34. The van der Waals surface area contributed by atoms with Gasteiger partial charge in [0.2, 0.25) is 11.8 Å². The molecule has 0 saturated heterocycles. The third-order valence-electron chi connectivity index (χ3n) is 4.00. The number of aliphatic carboxylic acids is 1. The van der Waals surface area contributed by atoms with Crippen LogP contribution in [0.3, 0.4) is 0 Å². The van der Waals surface area contributed by atoms with Crippen LogP contribution in [0.5, 0.6) is 0 Å². The predicted octanol–water partition coefficient (Wildman–Crippen LogP) is 1.05. The quantitative estimate of drug-likeness (QED) is 0.621. The van der Waals surface area contributed by atoms with E-state index in [9.17, 15) is 19.5 Å². The second-order valence-electron chi connectivity index (χ2n) is 5.54. The van der Waals surface area contributed by atoms with Gasteiger partial charge in [0.05, 0.1) is 5.41 Å². The number of carboxylic acids is 1. The molecule has 0 bridgehead atoms. The van der Waals surface area contributed by atoms with Crippen molar-refractivity contribution in [3.8, 4) is 0 Å². The van der Waals surface area contributed by atoms with Gasteiger partial charge in [-0.2, -0.15) is 0 Å². The monoisotopic (exact) mass is 284 g/mol. The zero-order valence-electron chi connectivity index (χ0n) is 12.4. The Hall–Kier alpha value is -1.59. The summed E-state index contributed by atoms with van der Waals surface area (Å²) < 4.78 is 0. The summed E-state index contributed by atoms with van der Waals surface area (Å²) in [4.78, 5) is 35.0. The van der Waals surface area contributed by atoms with Crippen molar-refractivity contribution in [3.05, 3.63) is 0 Å². The molecule has 6 heteroatoms. The van der Waals surface area contributed by atoms with Gasteiger partial charge in [-0.3, -0.25) is 14.4 Å². The lowest BCUT2D eigenvalue weighted by molar-refractivity contribution is -0.152. The second kappa shape index (κ2) is 6.72. The van der Waals surface area contributed by atoms with Gasteiger partial charge in [0.25, 0.3) is 0 Å². The summed E-state index contributed by atoms with van der Waals surface area (Å²) in [6.45, 7) is 5.12. The van der Waals surface area contributed by atoms with Gasteiger partial charge in [0, 0.05) is 12.5 Å². The molecule has 0 aromatic heterocycles. The molecule has 6 nitrogen and oxygen atoms in total. The van der Waals surface area contributed by atoms with Crippen molar-refractivity contribution in [3.63, 3.8) is 0 Å². The Morgan fingerprint density at radius 3 is 2.20 bits per heavy atom. The molecule has 2 amide bonds. The number of nitrogens with one attached hydrogen (secondary N) is 2. The smallest absolute Gasteiger partial charge is 0.310 e. The standard InChI is InChI=1S/C14H24N2O4/c1-4-14(5-2,13(19)20)8-11(17)15-9(3)12(18)16-10-6-7-10/h9-10H,4-8H2,1-3H3,(H,15,17)(H,16,18)(H,19,20). The molecule has 1 saturated carbocycles. The number of rotatable bonds is 8. The van der Waals surface area contributed by atoms with Gasteiger partial charge in [-0.05, 0) is 32.6 Å². The Morgan fingerprint density at radius 1 is 1.25 bits per heavy atom. The Balaban J connectivity index is 2.52. The van der Waals surface area contributed by atoms with Crippen LogP contribution in [0.4, 0.5) is 0 Å². The highest BCUT2D eigenvalue weighted by Crippen LogP contribution is 2.30. The minimum Gasteiger partial charge on any atom is -0.481 e. The van der Waals surface area contributed by atoms with Crippen molar-refractivity contribution in [1.29, 1.82) is 0 Å². The molecule has 0 aliphatic heterocycles. The van der Waals surface area contributed by atoms with Crippen LogP contribution >= 0.6 is 0 Å². The predicted molar refractivity (Wildman–Crippen MR) is 74.0 cm³/mol. The molecule has 1 rings (SSSR count). The maximum absolute atomic E-state index is 11.9. The first-order valence-electron chi connectivity index (χ1n) is 7.17. The minimum atomic E-state index is -1.04. The van der Waals surface area contributed by atoms with E-state index >= 15 is 0 Å². The van der Waals surface area contributed by atoms with Crippen LogP contribution in [0.25, 0.3) is 0 Å². The zero-order valence-corrected chi connectivity index (χ0v) is 12.4. The summed E-state index contributed by atoms with van der Waals surface area (Å²) in [5, 5.41) is 14.7. The van der Waals surface area contributed by atoms with E-state index in [-0.39, 0.29) is 18.4 Å². The molecular formula is C14H24N2O4. The van der Waals surface area contributed by atoms with Crippen molar-refractivity contribution in [2.75, 3.05) is 0 Å².